The van der Waals surface area contributed by atoms with Crippen LogP contribution in [-0.2, 0) is 11.3 Å². The second-order valence-electron chi connectivity index (χ2n) is 3.09. The van der Waals surface area contributed by atoms with Crippen molar-refractivity contribution in [3.8, 4) is 0 Å². The average molecular weight is 196 g/mol. The van der Waals surface area contributed by atoms with E-state index < -0.39 is 0 Å². The van der Waals surface area contributed by atoms with E-state index in [0.717, 1.165) is 18.5 Å². The van der Waals surface area contributed by atoms with Gasteiger partial charge in [0.25, 0.3) is 0 Å². The fourth-order valence-corrected chi connectivity index (χ4v) is 1.04. The molecule has 0 atom stereocenters. The molecule has 1 amide bonds. The van der Waals surface area contributed by atoms with Gasteiger partial charge in [-0.3, -0.25) is 4.79 Å². The molecule has 0 aliphatic rings. The predicted molar refractivity (Wildman–Crippen MR) is 53.7 cm³/mol. The maximum absolute atomic E-state index is 11.2. The van der Waals surface area contributed by atoms with Gasteiger partial charge in [0.1, 0.15) is 0 Å². The summed E-state index contributed by atoms with van der Waals surface area (Å²) in [6.45, 7) is 3.85. The molecular formula is C10H16N2O2. The zero-order chi connectivity index (χ0) is 10.2. The van der Waals surface area contributed by atoms with E-state index in [9.17, 15) is 4.79 Å². The Balaban J connectivity index is 2.09. The molecule has 1 aromatic heterocycles. The summed E-state index contributed by atoms with van der Waals surface area (Å²) in [5.74, 6) is 0.0136. The van der Waals surface area contributed by atoms with Crippen LogP contribution in [0.25, 0.3) is 0 Å². The van der Waals surface area contributed by atoms with Crippen molar-refractivity contribution in [3.63, 3.8) is 0 Å². The van der Waals surface area contributed by atoms with Crippen LogP contribution < -0.4 is 10.6 Å². The molecule has 0 fully saturated rings. The standard InChI is InChI=1S/C10H16N2O2/c1-2-4-11-7-10(13)12-6-9-3-5-14-8-9/h3,5,8,11H,2,4,6-7H2,1H3,(H,12,13). The highest BCUT2D eigenvalue weighted by Crippen LogP contribution is 1.97. The molecule has 78 valence electrons. The van der Waals surface area contributed by atoms with Crippen LogP contribution in [0.1, 0.15) is 18.9 Å². The molecule has 2 N–H and O–H groups in total. The van der Waals surface area contributed by atoms with Crippen LogP contribution in [0, 0.1) is 0 Å². The number of nitrogens with one attached hydrogen (secondary N) is 2. The Morgan fingerprint density at radius 3 is 3.07 bits per heavy atom. The first-order chi connectivity index (χ1) is 6.83. The van der Waals surface area contributed by atoms with Crippen molar-refractivity contribution in [2.75, 3.05) is 13.1 Å². The van der Waals surface area contributed by atoms with Gasteiger partial charge < -0.3 is 15.1 Å². The monoisotopic (exact) mass is 196 g/mol. The minimum absolute atomic E-state index is 0.0136. The molecule has 0 unspecified atom stereocenters. The van der Waals surface area contributed by atoms with E-state index in [-0.39, 0.29) is 5.91 Å². The van der Waals surface area contributed by atoms with Gasteiger partial charge in [0.15, 0.2) is 0 Å². The van der Waals surface area contributed by atoms with Gasteiger partial charge in [0.2, 0.25) is 5.91 Å². The molecule has 0 aromatic carbocycles. The summed E-state index contributed by atoms with van der Waals surface area (Å²) in [5, 5.41) is 5.81. The van der Waals surface area contributed by atoms with E-state index in [1.807, 2.05) is 6.07 Å². The predicted octanol–water partition coefficient (Wildman–Crippen LogP) is 0.895. The van der Waals surface area contributed by atoms with Gasteiger partial charge in [-0.2, -0.15) is 0 Å². The van der Waals surface area contributed by atoms with E-state index in [2.05, 4.69) is 17.6 Å². The Morgan fingerprint density at radius 2 is 2.43 bits per heavy atom. The van der Waals surface area contributed by atoms with Crippen molar-refractivity contribution >= 4 is 5.91 Å². The van der Waals surface area contributed by atoms with E-state index in [0.29, 0.717) is 13.1 Å². The molecule has 0 aliphatic carbocycles. The molecule has 0 aliphatic heterocycles. The number of carbonyl (C=O) groups is 1. The summed E-state index contributed by atoms with van der Waals surface area (Å²) >= 11 is 0. The third-order valence-corrected chi connectivity index (χ3v) is 1.78. The van der Waals surface area contributed by atoms with Crippen molar-refractivity contribution in [2.24, 2.45) is 0 Å². The molecule has 4 heteroatoms. The summed E-state index contributed by atoms with van der Waals surface area (Å²) < 4.78 is 4.88. The molecule has 1 rings (SSSR count). The van der Waals surface area contributed by atoms with Crippen LogP contribution in [0.3, 0.4) is 0 Å². The molecule has 1 heterocycles. The summed E-state index contributed by atoms with van der Waals surface area (Å²) in [5.41, 5.74) is 0.980. The van der Waals surface area contributed by atoms with Crippen LogP contribution in [-0.4, -0.2) is 19.0 Å². The lowest BCUT2D eigenvalue weighted by Crippen LogP contribution is -2.33. The van der Waals surface area contributed by atoms with Gasteiger partial charge in [0, 0.05) is 12.1 Å². The van der Waals surface area contributed by atoms with Gasteiger partial charge in [-0.15, -0.1) is 0 Å². The van der Waals surface area contributed by atoms with Crippen molar-refractivity contribution in [3.05, 3.63) is 24.2 Å². The Morgan fingerprint density at radius 1 is 1.57 bits per heavy atom. The fourth-order valence-electron chi connectivity index (χ4n) is 1.04. The van der Waals surface area contributed by atoms with Gasteiger partial charge >= 0.3 is 0 Å². The zero-order valence-corrected chi connectivity index (χ0v) is 8.38. The lowest BCUT2D eigenvalue weighted by Gasteiger charge is -2.03. The number of hydrogen-bond acceptors (Lipinski definition) is 3. The van der Waals surface area contributed by atoms with Gasteiger partial charge in [0.05, 0.1) is 19.1 Å². The molecule has 0 saturated carbocycles. The zero-order valence-electron chi connectivity index (χ0n) is 8.38. The third-order valence-electron chi connectivity index (χ3n) is 1.78. The van der Waals surface area contributed by atoms with Crippen LogP contribution in [0.5, 0.6) is 0 Å². The number of hydrogen-bond donors (Lipinski definition) is 2. The molecule has 0 spiro atoms. The van der Waals surface area contributed by atoms with Crippen molar-refractivity contribution in [1.82, 2.24) is 10.6 Å². The summed E-state index contributed by atoms with van der Waals surface area (Å²) in [4.78, 5) is 11.2. The van der Waals surface area contributed by atoms with Crippen molar-refractivity contribution < 1.29 is 9.21 Å². The first kappa shape index (κ1) is 10.8. The Kier molecular flexibility index (Phi) is 4.78. The number of rotatable bonds is 6. The topological polar surface area (TPSA) is 54.3 Å². The smallest absolute Gasteiger partial charge is 0.234 e. The molecule has 0 radical (unpaired) electrons. The lowest BCUT2D eigenvalue weighted by atomic mass is 10.3. The highest BCUT2D eigenvalue weighted by molar-refractivity contribution is 5.77. The van der Waals surface area contributed by atoms with Crippen LogP contribution >= 0.6 is 0 Å². The lowest BCUT2D eigenvalue weighted by molar-refractivity contribution is -0.120. The average Bonchev–Trinajstić information content (AvgIpc) is 2.68. The first-order valence-electron chi connectivity index (χ1n) is 4.81. The Bertz CT molecular complexity index is 257. The Hall–Kier alpha value is -1.29. The third kappa shape index (κ3) is 4.09. The first-order valence-corrected chi connectivity index (χ1v) is 4.81. The van der Waals surface area contributed by atoms with Crippen LogP contribution in [0.2, 0.25) is 0 Å². The van der Waals surface area contributed by atoms with Crippen LogP contribution in [0.4, 0.5) is 0 Å². The van der Waals surface area contributed by atoms with Gasteiger partial charge in [-0.25, -0.2) is 0 Å². The molecule has 1 aromatic rings. The van der Waals surface area contributed by atoms with E-state index in [1.165, 1.54) is 0 Å². The fraction of sp³-hybridized carbons (Fsp3) is 0.500. The molecule has 4 nitrogen and oxygen atoms in total. The number of furan rings is 1. The normalized spacial score (nSPS) is 10.1. The minimum atomic E-state index is 0.0136. The summed E-state index contributed by atoms with van der Waals surface area (Å²) in [6, 6.07) is 1.83. The quantitative estimate of drug-likeness (QED) is 0.664. The molecule has 0 saturated heterocycles. The van der Waals surface area contributed by atoms with Gasteiger partial charge in [-0.1, -0.05) is 6.92 Å². The highest BCUT2D eigenvalue weighted by Gasteiger charge is 2.00. The maximum atomic E-state index is 11.2. The van der Waals surface area contributed by atoms with Crippen molar-refractivity contribution in [2.45, 2.75) is 19.9 Å². The van der Waals surface area contributed by atoms with Crippen molar-refractivity contribution in [1.29, 1.82) is 0 Å². The van der Waals surface area contributed by atoms with E-state index in [1.54, 1.807) is 12.5 Å². The summed E-state index contributed by atoms with van der Waals surface area (Å²) in [7, 11) is 0. The summed E-state index contributed by atoms with van der Waals surface area (Å²) in [6.07, 6.45) is 4.26. The SMILES string of the molecule is CCCNCC(=O)NCc1ccoc1. The van der Waals surface area contributed by atoms with Gasteiger partial charge in [-0.05, 0) is 19.0 Å². The second kappa shape index (κ2) is 6.21. The minimum Gasteiger partial charge on any atom is -0.472 e. The van der Waals surface area contributed by atoms with E-state index >= 15 is 0 Å². The molecule has 0 bridgehead atoms. The largest absolute Gasteiger partial charge is 0.472 e. The molecular weight excluding hydrogens is 180 g/mol. The van der Waals surface area contributed by atoms with Crippen LogP contribution in [0.15, 0.2) is 23.0 Å². The number of carbonyl (C=O) groups excluding carboxylic acids is 1. The maximum Gasteiger partial charge on any atom is 0.234 e. The number of amides is 1. The molecule has 14 heavy (non-hydrogen) atoms. The van der Waals surface area contributed by atoms with E-state index in [4.69, 9.17) is 4.42 Å². The second-order valence-corrected chi connectivity index (χ2v) is 3.09. The Labute approximate surface area is 83.7 Å². The highest BCUT2D eigenvalue weighted by atomic mass is 16.3.